The molecule has 12 heavy (non-hydrogen) atoms. The Bertz CT molecular complexity index is 123. The molecule has 0 rings (SSSR count). The highest BCUT2D eigenvalue weighted by Crippen LogP contribution is 2.11. The molecule has 0 spiro atoms. The van der Waals surface area contributed by atoms with Crippen molar-refractivity contribution in [1.29, 1.82) is 0 Å². The minimum absolute atomic E-state index is 0.306. The molecule has 0 aliphatic heterocycles. The Morgan fingerprint density at radius 1 is 1.33 bits per heavy atom. The summed E-state index contributed by atoms with van der Waals surface area (Å²) in [4.78, 5) is 0. The zero-order chi connectivity index (χ0) is 10.2. The van der Waals surface area contributed by atoms with Gasteiger partial charge in [0, 0.05) is 0 Å². The minimum atomic E-state index is 0.306. The van der Waals surface area contributed by atoms with Crippen molar-refractivity contribution in [2.45, 2.75) is 47.5 Å². The van der Waals surface area contributed by atoms with Crippen LogP contribution in [0, 0.1) is 5.41 Å². The van der Waals surface area contributed by atoms with Crippen molar-refractivity contribution in [1.82, 2.24) is 0 Å². The van der Waals surface area contributed by atoms with Gasteiger partial charge in [-0.05, 0) is 18.8 Å². The normalized spacial score (nSPS) is 9.75. The lowest BCUT2D eigenvalue weighted by Gasteiger charge is -2.08. The zero-order valence-corrected chi connectivity index (χ0v) is 9.41. The largest absolute Gasteiger partial charge is 0.103 e. The average molecular weight is 168 g/mol. The van der Waals surface area contributed by atoms with E-state index in [2.05, 4.69) is 47.8 Å². The molecule has 0 nitrogen and oxygen atoms in total. The average Bonchev–Trinajstić information content (AvgIpc) is 1.87. The van der Waals surface area contributed by atoms with E-state index in [-0.39, 0.29) is 0 Å². The van der Waals surface area contributed by atoms with Crippen LogP contribution in [0.1, 0.15) is 47.5 Å². The molecule has 0 N–H and O–H groups in total. The van der Waals surface area contributed by atoms with E-state index in [9.17, 15) is 0 Å². The van der Waals surface area contributed by atoms with Crippen LogP contribution >= 0.6 is 0 Å². The first-order chi connectivity index (χ1) is 5.33. The molecule has 0 aliphatic carbocycles. The van der Waals surface area contributed by atoms with E-state index in [1.54, 1.807) is 0 Å². The van der Waals surface area contributed by atoms with Gasteiger partial charge in [-0.1, -0.05) is 45.8 Å². The van der Waals surface area contributed by atoms with Crippen molar-refractivity contribution >= 4 is 0 Å². The van der Waals surface area contributed by atoms with Gasteiger partial charge in [0.2, 0.25) is 0 Å². The van der Waals surface area contributed by atoms with E-state index in [1.165, 1.54) is 18.4 Å². The third kappa shape index (κ3) is 22.7. The molecule has 0 heterocycles. The smallest absolute Gasteiger partial charge is 0.0206 e. The first-order valence-electron chi connectivity index (χ1n) is 4.61. The van der Waals surface area contributed by atoms with Crippen LogP contribution < -0.4 is 0 Å². The van der Waals surface area contributed by atoms with E-state index in [0.29, 0.717) is 5.41 Å². The lowest BCUT2D eigenvalue weighted by atomic mass is 9.98. The highest BCUT2D eigenvalue weighted by atomic mass is 14.0. The van der Waals surface area contributed by atoms with Gasteiger partial charge in [0.1, 0.15) is 0 Å². The number of hydrogen-bond donors (Lipinski definition) is 0. The van der Waals surface area contributed by atoms with Crippen LogP contribution in [-0.4, -0.2) is 0 Å². The predicted octanol–water partition coefficient (Wildman–Crippen LogP) is 4.58. The van der Waals surface area contributed by atoms with Crippen LogP contribution in [-0.2, 0) is 0 Å². The summed E-state index contributed by atoms with van der Waals surface area (Å²) in [6.45, 7) is 18.0. The molecule has 0 heteroatoms. The van der Waals surface area contributed by atoms with Gasteiger partial charge in [-0.2, -0.15) is 0 Å². The van der Waals surface area contributed by atoms with Crippen molar-refractivity contribution in [3.63, 3.8) is 0 Å². The summed E-state index contributed by atoms with van der Waals surface area (Å²) in [5.74, 6) is 0. The molecule has 0 unspecified atom stereocenters. The number of hydrogen-bond acceptors (Lipinski definition) is 0. The van der Waals surface area contributed by atoms with E-state index < -0.39 is 0 Å². The Balaban J connectivity index is 0. The lowest BCUT2D eigenvalue weighted by Crippen LogP contribution is -1.96. The maximum atomic E-state index is 3.74. The lowest BCUT2D eigenvalue weighted by molar-refractivity contribution is 0.546. The van der Waals surface area contributed by atoms with Crippen molar-refractivity contribution in [2.24, 2.45) is 5.41 Å². The van der Waals surface area contributed by atoms with Gasteiger partial charge < -0.3 is 0 Å². The summed E-state index contributed by atoms with van der Waals surface area (Å²) in [6, 6.07) is 0. The molecule has 0 saturated heterocycles. The van der Waals surface area contributed by atoms with Crippen LogP contribution in [0.25, 0.3) is 0 Å². The first kappa shape index (κ1) is 14.0. The molecule has 0 radical (unpaired) electrons. The zero-order valence-electron chi connectivity index (χ0n) is 9.41. The van der Waals surface area contributed by atoms with Gasteiger partial charge >= 0.3 is 0 Å². The Morgan fingerprint density at radius 3 is 1.67 bits per heavy atom. The quantitative estimate of drug-likeness (QED) is 0.529. The van der Waals surface area contributed by atoms with E-state index in [1.807, 2.05) is 6.08 Å². The van der Waals surface area contributed by atoms with Gasteiger partial charge in [-0.15, -0.1) is 13.2 Å². The Morgan fingerprint density at radius 2 is 1.67 bits per heavy atom. The third-order valence-corrected chi connectivity index (χ3v) is 1.29. The van der Waals surface area contributed by atoms with Gasteiger partial charge in [0.05, 0.1) is 0 Å². The molecule has 0 aromatic rings. The van der Waals surface area contributed by atoms with Crippen LogP contribution in [0.3, 0.4) is 0 Å². The monoisotopic (exact) mass is 168 g/mol. The molecule has 72 valence electrons. The molecule has 0 saturated carbocycles. The number of rotatable bonds is 2. The second-order valence-electron chi connectivity index (χ2n) is 4.28. The Labute approximate surface area is 78.4 Å². The molecule has 0 amide bonds. The van der Waals surface area contributed by atoms with Crippen LogP contribution in [0.4, 0.5) is 0 Å². The van der Waals surface area contributed by atoms with E-state index in [4.69, 9.17) is 0 Å². The number of allylic oxidation sites excluding steroid dienone is 2. The molecule has 0 atom stereocenters. The standard InChI is InChI=1S/2C6H12/c1-5-6(2,3)4;1-4-5-6(2)3/h5H,1H2,2-4H3;2,4-5H2,1,3H3. The second kappa shape index (κ2) is 7.15. The summed E-state index contributed by atoms with van der Waals surface area (Å²) in [5.41, 5.74) is 1.59. The molecular formula is C12H24. The molecule has 0 bridgehead atoms. The second-order valence-corrected chi connectivity index (χ2v) is 4.28. The highest BCUT2D eigenvalue weighted by molar-refractivity contribution is 4.86. The molecule has 0 aliphatic rings. The maximum absolute atomic E-state index is 3.74. The summed E-state index contributed by atoms with van der Waals surface area (Å²) in [6.07, 6.45) is 4.35. The fourth-order valence-electron chi connectivity index (χ4n) is 0.427. The molecule has 0 aromatic heterocycles. The van der Waals surface area contributed by atoms with Crippen LogP contribution in [0.15, 0.2) is 24.8 Å². The fourth-order valence-corrected chi connectivity index (χ4v) is 0.427. The third-order valence-electron chi connectivity index (χ3n) is 1.29. The Kier molecular flexibility index (Phi) is 8.36. The van der Waals surface area contributed by atoms with Crippen molar-refractivity contribution in [2.75, 3.05) is 0 Å². The highest BCUT2D eigenvalue weighted by Gasteiger charge is 1.99. The summed E-state index contributed by atoms with van der Waals surface area (Å²) in [5, 5.41) is 0. The van der Waals surface area contributed by atoms with Crippen molar-refractivity contribution in [3.05, 3.63) is 24.8 Å². The summed E-state index contributed by atoms with van der Waals surface area (Å²) >= 11 is 0. The fraction of sp³-hybridized carbons (Fsp3) is 0.667. The van der Waals surface area contributed by atoms with E-state index in [0.717, 1.165) is 0 Å². The predicted molar refractivity (Wildman–Crippen MR) is 59.4 cm³/mol. The molecule has 0 aromatic carbocycles. The molecule has 0 fully saturated rings. The van der Waals surface area contributed by atoms with Crippen LogP contribution in [0.2, 0.25) is 0 Å². The minimum Gasteiger partial charge on any atom is -0.103 e. The Hall–Kier alpha value is -0.520. The van der Waals surface area contributed by atoms with Gasteiger partial charge in [-0.25, -0.2) is 0 Å². The van der Waals surface area contributed by atoms with Crippen molar-refractivity contribution < 1.29 is 0 Å². The van der Waals surface area contributed by atoms with Gasteiger partial charge in [0.25, 0.3) is 0 Å². The van der Waals surface area contributed by atoms with Gasteiger partial charge in [-0.3, -0.25) is 0 Å². The molecular weight excluding hydrogens is 144 g/mol. The summed E-state index contributed by atoms with van der Waals surface area (Å²) < 4.78 is 0. The topological polar surface area (TPSA) is 0 Å². The summed E-state index contributed by atoms with van der Waals surface area (Å²) in [7, 11) is 0. The SMILES string of the molecule is C=C(C)CCC.C=CC(C)(C)C. The van der Waals surface area contributed by atoms with Crippen LogP contribution in [0.5, 0.6) is 0 Å². The first-order valence-corrected chi connectivity index (χ1v) is 4.61. The van der Waals surface area contributed by atoms with Gasteiger partial charge in [0.15, 0.2) is 0 Å². The van der Waals surface area contributed by atoms with Crippen molar-refractivity contribution in [3.8, 4) is 0 Å². The van der Waals surface area contributed by atoms with E-state index >= 15 is 0 Å². The maximum Gasteiger partial charge on any atom is -0.0206 e.